The van der Waals surface area contributed by atoms with Crippen LogP contribution in [0.3, 0.4) is 0 Å². The number of halogens is 3. The first-order valence-electron chi connectivity index (χ1n) is 10.0. The van der Waals surface area contributed by atoms with Crippen LogP contribution in [0.2, 0.25) is 0 Å². The van der Waals surface area contributed by atoms with Crippen LogP contribution in [-0.2, 0) is 23.9 Å². The second-order valence-corrected chi connectivity index (χ2v) is 7.82. The van der Waals surface area contributed by atoms with Crippen LogP contribution in [0, 0.1) is 11.3 Å². The van der Waals surface area contributed by atoms with Gasteiger partial charge in [0.25, 0.3) is 0 Å². The molecule has 10 heteroatoms. The van der Waals surface area contributed by atoms with Crippen LogP contribution in [-0.4, -0.2) is 46.3 Å². The first kappa shape index (κ1) is 21.0. The minimum Gasteiger partial charge on any atom is -0.370 e. The summed E-state index contributed by atoms with van der Waals surface area (Å²) < 4.78 is 38.2. The van der Waals surface area contributed by atoms with E-state index in [1.54, 1.807) is 4.90 Å². The fraction of sp³-hybridized carbons (Fsp3) is 0.381. The summed E-state index contributed by atoms with van der Waals surface area (Å²) in [5, 5.41) is 10.6. The van der Waals surface area contributed by atoms with Gasteiger partial charge in [-0.15, -0.1) is 0 Å². The third-order valence-electron chi connectivity index (χ3n) is 5.81. The van der Waals surface area contributed by atoms with Crippen LogP contribution >= 0.6 is 0 Å². The van der Waals surface area contributed by atoms with E-state index in [0.717, 1.165) is 29.1 Å². The molecule has 164 valence electrons. The number of hydrogen-bond donors (Lipinski definition) is 3. The van der Waals surface area contributed by atoms with Gasteiger partial charge in [0, 0.05) is 38.1 Å². The van der Waals surface area contributed by atoms with Crippen LogP contribution in [0.25, 0.3) is 0 Å². The van der Waals surface area contributed by atoms with Crippen LogP contribution in [0.1, 0.15) is 23.1 Å². The fourth-order valence-corrected chi connectivity index (χ4v) is 4.13. The highest BCUT2D eigenvalue weighted by molar-refractivity contribution is 5.82. The number of aromatic nitrogens is 1. The number of hydrogen-bond acceptors (Lipinski definition) is 4. The average molecular weight is 432 g/mol. The number of anilines is 2. The zero-order valence-corrected chi connectivity index (χ0v) is 16.7. The number of carbonyl (C=O) groups is 1. The standard InChI is InChI=1S/C21H23F3N6O/c22-21(23,24)15-4-5-18(27-10-15)28-17-3-1-2-13-11-29(9-7-16(13)17)19(31)14-6-8-30(12-14)20(25)26/h1-5,10,14H,6-9,11-12H2,(H3,25,26)(H,27,28). The SMILES string of the molecule is N=C(N)N1CCC(C(=O)N2CCc3c(cccc3Nc3ccc(C(F)(F)F)cn3)C2)C1. The Balaban J connectivity index is 1.45. The Morgan fingerprint density at radius 3 is 2.65 bits per heavy atom. The largest absolute Gasteiger partial charge is 0.417 e. The van der Waals surface area contributed by atoms with Gasteiger partial charge in [-0.05, 0) is 42.2 Å². The van der Waals surface area contributed by atoms with Crippen LogP contribution in [0.4, 0.5) is 24.7 Å². The normalized spacial score (nSPS) is 18.6. The maximum Gasteiger partial charge on any atom is 0.417 e. The minimum absolute atomic E-state index is 0.00752. The Labute approximate surface area is 177 Å². The second kappa shape index (κ2) is 8.09. The molecule has 0 aliphatic carbocycles. The van der Waals surface area contributed by atoms with E-state index >= 15 is 0 Å². The third kappa shape index (κ3) is 4.42. The van der Waals surface area contributed by atoms with Gasteiger partial charge < -0.3 is 20.9 Å². The van der Waals surface area contributed by atoms with E-state index in [4.69, 9.17) is 11.1 Å². The van der Waals surface area contributed by atoms with Gasteiger partial charge in [-0.3, -0.25) is 10.2 Å². The molecule has 0 bridgehead atoms. The zero-order valence-electron chi connectivity index (χ0n) is 16.7. The van der Waals surface area contributed by atoms with Crippen molar-refractivity contribution < 1.29 is 18.0 Å². The lowest BCUT2D eigenvalue weighted by molar-refractivity contribution is -0.138. The Kier molecular flexibility index (Phi) is 5.47. The lowest BCUT2D eigenvalue weighted by atomic mass is 9.96. The molecule has 3 heterocycles. The van der Waals surface area contributed by atoms with E-state index in [1.807, 2.05) is 23.1 Å². The Morgan fingerprint density at radius 2 is 2.00 bits per heavy atom. The molecule has 0 radical (unpaired) electrons. The van der Waals surface area contributed by atoms with Gasteiger partial charge in [-0.25, -0.2) is 4.98 Å². The fourth-order valence-electron chi connectivity index (χ4n) is 4.13. The molecule has 1 aromatic carbocycles. The average Bonchev–Trinajstić information content (AvgIpc) is 3.23. The molecule has 2 aliphatic rings. The van der Waals surface area contributed by atoms with Crippen molar-refractivity contribution in [1.29, 1.82) is 5.41 Å². The number of carbonyl (C=O) groups excluding carboxylic acids is 1. The van der Waals surface area contributed by atoms with Crippen molar-refractivity contribution in [2.75, 3.05) is 25.0 Å². The maximum atomic E-state index is 12.9. The molecule has 31 heavy (non-hydrogen) atoms. The number of likely N-dealkylation sites (tertiary alicyclic amines) is 1. The highest BCUT2D eigenvalue weighted by Gasteiger charge is 2.34. The molecule has 2 aliphatic heterocycles. The van der Waals surface area contributed by atoms with Crippen LogP contribution in [0.5, 0.6) is 0 Å². The Morgan fingerprint density at radius 1 is 1.19 bits per heavy atom. The molecule has 4 rings (SSSR count). The first-order valence-corrected chi connectivity index (χ1v) is 10.0. The van der Waals surface area contributed by atoms with Gasteiger partial charge in [0.15, 0.2) is 5.96 Å². The molecular weight excluding hydrogens is 409 g/mol. The van der Waals surface area contributed by atoms with Crippen molar-refractivity contribution >= 4 is 23.4 Å². The predicted molar refractivity (Wildman–Crippen MR) is 110 cm³/mol. The van der Waals surface area contributed by atoms with Gasteiger partial charge in [0.2, 0.25) is 5.91 Å². The quantitative estimate of drug-likeness (QED) is 0.512. The Hall–Kier alpha value is -3.30. The highest BCUT2D eigenvalue weighted by atomic mass is 19.4. The van der Waals surface area contributed by atoms with Crippen molar-refractivity contribution in [2.45, 2.75) is 25.6 Å². The number of guanidine groups is 1. The van der Waals surface area contributed by atoms with Crippen LogP contribution < -0.4 is 11.1 Å². The van der Waals surface area contributed by atoms with E-state index in [1.165, 1.54) is 6.07 Å². The molecule has 4 N–H and O–H groups in total. The summed E-state index contributed by atoms with van der Waals surface area (Å²) in [6.45, 7) is 2.12. The van der Waals surface area contributed by atoms with Crippen molar-refractivity contribution in [3.8, 4) is 0 Å². The lowest BCUT2D eigenvalue weighted by Gasteiger charge is -2.32. The van der Waals surface area contributed by atoms with Gasteiger partial charge in [-0.1, -0.05) is 12.1 Å². The van der Waals surface area contributed by atoms with Gasteiger partial charge in [0.1, 0.15) is 5.82 Å². The van der Waals surface area contributed by atoms with E-state index in [-0.39, 0.29) is 17.8 Å². The van der Waals surface area contributed by atoms with Crippen molar-refractivity contribution in [1.82, 2.24) is 14.8 Å². The van der Waals surface area contributed by atoms with Crippen LogP contribution in [0.15, 0.2) is 36.5 Å². The summed E-state index contributed by atoms with van der Waals surface area (Å²) in [7, 11) is 0. The molecule has 1 aromatic heterocycles. The van der Waals surface area contributed by atoms with Gasteiger partial charge >= 0.3 is 6.18 Å². The molecule has 1 fully saturated rings. The van der Waals surface area contributed by atoms with E-state index in [9.17, 15) is 18.0 Å². The summed E-state index contributed by atoms with van der Waals surface area (Å²) in [4.78, 5) is 20.4. The number of nitrogens with zero attached hydrogens (tertiary/aromatic N) is 3. The molecule has 7 nitrogen and oxygen atoms in total. The summed E-state index contributed by atoms with van der Waals surface area (Å²) in [5.74, 6) is 0.224. The molecule has 2 aromatic rings. The highest BCUT2D eigenvalue weighted by Crippen LogP contribution is 2.32. The van der Waals surface area contributed by atoms with Crippen molar-refractivity contribution in [3.63, 3.8) is 0 Å². The maximum absolute atomic E-state index is 12.9. The summed E-state index contributed by atoms with van der Waals surface area (Å²) in [6, 6.07) is 7.97. The summed E-state index contributed by atoms with van der Waals surface area (Å²) in [6.07, 6.45) is -2.30. The number of alkyl halides is 3. The topological polar surface area (TPSA) is 98.3 Å². The van der Waals surface area contributed by atoms with Gasteiger partial charge in [0.05, 0.1) is 11.5 Å². The lowest BCUT2D eigenvalue weighted by Crippen LogP contribution is -2.41. The Bertz CT molecular complexity index is 992. The number of amides is 1. The first-order chi connectivity index (χ1) is 14.7. The zero-order chi connectivity index (χ0) is 22.2. The molecule has 1 amide bonds. The van der Waals surface area contributed by atoms with Crippen molar-refractivity contribution in [2.24, 2.45) is 11.7 Å². The number of nitrogens with two attached hydrogens (primary N) is 1. The number of pyridine rings is 1. The number of benzene rings is 1. The molecular formula is C21H23F3N6O. The van der Waals surface area contributed by atoms with E-state index in [0.29, 0.717) is 44.8 Å². The monoisotopic (exact) mass is 432 g/mol. The van der Waals surface area contributed by atoms with Gasteiger partial charge in [-0.2, -0.15) is 13.2 Å². The number of nitrogens with one attached hydrogen (secondary N) is 2. The minimum atomic E-state index is -4.42. The second-order valence-electron chi connectivity index (χ2n) is 7.82. The van der Waals surface area contributed by atoms with E-state index in [2.05, 4.69) is 10.3 Å². The van der Waals surface area contributed by atoms with E-state index < -0.39 is 11.7 Å². The molecule has 0 saturated carbocycles. The third-order valence-corrected chi connectivity index (χ3v) is 5.81. The summed E-state index contributed by atoms with van der Waals surface area (Å²) >= 11 is 0. The molecule has 1 atom stereocenters. The predicted octanol–water partition coefficient (Wildman–Crippen LogP) is 2.94. The molecule has 1 saturated heterocycles. The number of fused-ring (bicyclic) bond motifs is 1. The molecule has 1 unspecified atom stereocenters. The van der Waals surface area contributed by atoms with Crippen molar-refractivity contribution in [3.05, 3.63) is 53.2 Å². The smallest absolute Gasteiger partial charge is 0.370 e. The molecule has 0 spiro atoms. The number of rotatable bonds is 3. The summed E-state index contributed by atoms with van der Waals surface area (Å²) in [5.41, 5.74) is 7.54.